The summed E-state index contributed by atoms with van der Waals surface area (Å²) in [6, 6.07) is 19.2. The fourth-order valence-corrected chi connectivity index (χ4v) is 4.40. The van der Waals surface area contributed by atoms with Crippen LogP contribution in [0.4, 0.5) is 0 Å². The number of carbonyl (C=O) groups excluding carboxylic acids is 6. The number of esters is 6. The van der Waals surface area contributed by atoms with Gasteiger partial charge in [-0.3, -0.25) is 43.2 Å². The number of benzene rings is 2. The summed E-state index contributed by atoms with van der Waals surface area (Å²) in [5, 5.41) is 25.3. The Morgan fingerprint density at radius 3 is 0.622 bits per heavy atom. The maximum Gasteiger partial charge on any atom is 0.311 e. The molecule has 0 atom stereocenters. The van der Waals surface area contributed by atoms with Crippen LogP contribution >= 0.6 is 0 Å². The van der Waals surface area contributed by atoms with Crippen molar-refractivity contribution >= 4 is 53.7 Å². The first-order chi connectivity index (χ1) is 42.3. The van der Waals surface area contributed by atoms with Crippen molar-refractivity contribution < 1.29 is 91.6 Å². The molecule has 0 saturated carbocycles. The second-order valence-electron chi connectivity index (χ2n) is 27.6. The first-order valence-electron chi connectivity index (χ1n) is 32.5. The van der Waals surface area contributed by atoms with Crippen LogP contribution < -0.4 is 4.74 Å². The summed E-state index contributed by atoms with van der Waals surface area (Å²) >= 11 is 0. The zero-order valence-electron chi connectivity index (χ0n) is 63.8. The molecule has 3 N–H and O–H groups in total. The number of methoxy groups -OCH3 is 3. The van der Waals surface area contributed by atoms with Crippen LogP contribution in [-0.2, 0) is 78.2 Å². The molecule has 0 bridgehead atoms. The number of aliphatic carboxylic acids is 3. The van der Waals surface area contributed by atoms with Crippen molar-refractivity contribution in [1.29, 1.82) is 0 Å². The SMILES string of the molecule is C.C.C.C.C.C.C.C.C.C.C.C.C.C.C.C.C.C.CCC(C)(C)C(=O)O.CCC(C)(C)C(=O)O.CCC(C)(C)C(=O)O.CCC(C)(C)C(=O)OC.CCC(C)(C)C(=O)OC.CCC(C)(C)C(=O)OC.CCC(C)(C)C(=O)OCCOc1ccccc1.CCC(C)(C)C(=O)OCc1ccccc1.CCOC(=O)C(C)(C)CC. The van der Waals surface area contributed by atoms with E-state index in [0.29, 0.717) is 39.1 Å². The minimum absolute atomic E-state index is 0. The van der Waals surface area contributed by atoms with Gasteiger partial charge in [0.1, 0.15) is 25.6 Å². The molecule has 2 aromatic carbocycles. The van der Waals surface area contributed by atoms with Crippen LogP contribution in [0, 0.1) is 48.7 Å². The average molecular weight is 1610 g/mol. The molecule has 686 valence electrons. The molecule has 19 heteroatoms. The predicted molar refractivity (Wildman–Crippen MR) is 493 cm³/mol. The zero-order valence-corrected chi connectivity index (χ0v) is 63.8. The van der Waals surface area contributed by atoms with Crippen molar-refractivity contribution in [1.82, 2.24) is 0 Å². The molecule has 111 heavy (non-hydrogen) atoms. The molecule has 0 unspecified atom stereocenters. The molecule has 19 nitrogen and oxygen atoms in total. The van der Waals surface area contributed by atoms with Gasteiger partial charge < -0.3 is 48.5 Å². The molecule has 0 aliphatic heterocycles. The Balaban J connectivity index is -0.0000000324. The van der Waals surface area contributed by atoms with Crippen molar-refractivity contribution in [2.75, 3.05) is 41.2 Å². The number of para-hydroxylation sites is 1. The summed E-state index contributed by atoms with van der Waals surface area (Å²) in [6.07, 6.45) is 6.89. The van der Waals surface area contributed by atoms with Gasteiger partial charge >= 0.3 is 53.7 Å². The highest BCUT2D eigenvalue weighted by atomic mass is 16.6. The number of carbonyl (C=O) groups is 9. The van der Waals surface area contributed by atoms with E-state index in [9.17, 15) is 43.2 Å². The third-order valence-corrected chi connectivity index (χ3v) is 16.4. The summed E-state index contributed by atoms with van der Waals surface area (Å²) < 4.78 is 34.4. The Hall–Kier alpha value is -6.53. The topological polar surface area (TPSA) is 279 Å². The molecule has 0 spiro atoms. The van der Waals surface area contributed by atoms with Gasteiger partial charge in [0.15, 0.2) is 0 Å². The highest BCUT2D eigenvalue weighted by Gasteiger charge is 2.31. The molecule has 2 rings (SSSR count). The number of carboxylic acids is 3. The van der Waals surface area contributed by atoms with Crippen LogP contribution in [0.2, 0.25) is 0 Å². The molecule has 0 aliphatic carbocycles. The number of carboxylic acid groups (broad SMARTS) is 3. The minimum atomic E-state index is -0.722. The fourth-order valence-electron chi connectivity index (χ4n) is 4.40. The molecule has 0 amide bonds. The van der Waals surface area contributed by atoms with Crippen LogP contribution in [0.1, 0.15) is 391 Å². The lowest BCUT2D eigenvalue weighted by Gasteiger charge is -2.20. The Morgan fingerprint density at radius 1 is 0.261 bits per heavy atom. The van der Waals surface area contributed by atoms with E-state index in [1.165, 1.54) is 21.3 Å². The van der Waals surface area contributed by atoms with E-state index in [0.717, 1.165) is 49.8 Å². The summed E-state index contributed by atoms with van der Waals surface area (Å²) in [5.74, 6) is -2.18. The maximum atomic E-state index is 11.6. The monoisotopic (exact) mass is 1610 g/mol. The number of rotatable bonds is 25. The first-order valence-corrected chi connectivity index (χ1v) is 32.5. The standard InChI is InChI=1S/C14H20O3.C13H18O2.C8H16O2.3C7H14O2.3C6H12O2.18CH4/c1-4-14(2,3)13(15)17-11-10-16-12-8-6-5-7-9-12;1-4-13(2,3)12(14)15-10-11-8-6-5-7-9-11;1-5-8(3,4)7(9)10-6-2;3*1-5-7(2,3)6(8)9-4;3*1-4-6(2,3)5(7)8;;;;;;;;;;;;;;;;;;/h5-9H,4,10-11H2,1-3H3;5-9H,4,10H2,1-3H3;5-6H2,1-4H3;3*5H2,1-4H3;3*4H2,1-3H3,(H,7,8);18*1H4. The van der Waals surface area contributed by atoms with Gasteiger partial charge in [0.25, 0.3) is 0 Å². The first kappa shape index (κ1) is 177. The third kappa shape index (κ3) is 85.7. The summed E-state index contributed by atoms with van der Waals surface area (Å²) in [7, 11) is 4.25. The van der Waals surface area contributed by atoms with E-state index >= 15 is 0 Å². The second kappa shape index (κ2) is 89.0. The quantitative estimate of drug-likeness (QED) is 0.0473. The summed E-state index contributed by atoms with van der Waals surface area (Å²) in [5.41, 5.74) is -2.63. The smallest absolute Gasteiger partial charge is 0.311 e. The van der Waals surface area contributed by atoms with Crippen molar-refractivity contribution in [3.8, 4) is 5.75 Å². The predicted octanol–water partition coefficient (Wildman–Crippen LogP) is 29.0. The van der Waals surface area contributed by atoms with Crippen LogP contribution in [0.5, 0.6) is 5.75 Å². The fraction of sp³-hybridized carbons (Fsp3) is 0.772. The van der Waals surface area contributed by atoms with Crippen LogP contribution in [0.3, 0.4) is 0 Å². The lowest BCUT2D eigenvalue weighted by molar-refractivity contribution is -0.156. The van der Waals surface area contributed by atoms with Crippen LogP contribution in [-0.4, -0.2) is 110 Å². The molecular weight excluding hydrogens is 1410 g/mol. The maximum absolute atomic E-state index is 11.6. The molecule has 0 heterocycles. The zero-order chi connectivity index (χ0) is 75.1. The Kier molecular flexibility index (Phi) is 142. The van der Waals surface area contributed by atoms with E-state index in [1.807, 2.05) is 213 Å². The van der Waals surface area contributed by atoms with E-state index < -0.39 is 39.6 Å². The Labute approximate surface area is 695 Å². The number of hydrogen-bond donors (Lipinski definition) is 3. The van der Waals surface area contributed by atoms with Gasteiger partial charge in [-0.05, 0) is 207 Å². The van der Waals surface area contributed by atoms with Gasteiger partial charge in [-0.25, -0.2) is 0 Å². The van der Waals surface area contributed by atoms with Crippen LogP contribution in [0.25, 0.3) is 0 Å². The summed E-state index contributed by atoms with van der Waals surface area (Å²) in [4.78, 5) is 97.6. The lowest BCUT2D eigenvalue weighted by atomic mass is 9.91. The number of ether oxygens (including phenoxy) is 7. The van der Waals surface area contributed by atoms with E-state index in [2.05, 4.69) is 14.2 Å². The van der Waals surface area contributed by atoms with Gasteiger partial charge in [-0.1, -0.05) is 245 Å². The second-order valence-corrected chi connectivity index (χ2v) is 27.6. The molecule has 0 fully saturated rings. The van der Waals surface area contributed by atoms with Gasteiger partial charge in [0.2, 0.25) is 0 Å². The van der Waals surface area contributed by atoms with E-state index in [4.69, 9.17) is 34.3 Å². The lowest BCUT2D eigenvalue weighted by Crippen LogP contribution is -2.27. The Bertz CT molecular complexity index is 2260. The third-order valence-electron chi connectivity index (χ3n) is 16.4. The van der Waals surface area contributed by atoms with Crippen molar-refractivity contribution in [2.24, 2.45) is 48.7 Å². The normalized spacial score (nSPS) is 9.36. The van der Waals surface area contributed by atoms with Crippen molar-refractivity contribution in [2.45, 2.75) is 392 Å². The molecule has 0 saturated heterocycles. The molecule has 0 aromatic heterocycles. The average Bonchev–Trinajstić information content (AvgIpc) is 0.901. The van der Waals surface area contributed by atoms with Gasteiger partial charge in [0, 0.05) is 0 Å². The summed E-state index contributed by atoms with van der Waals surface area (Å²) in [6.45, 7) is 53.7. The molecule has 2 aromatic rings. The van der Waals surface area contributed by atoms with Crippen molar-refractivity contribution in [3.05, 3.63) is 66.2 Å². The van der Waals surface area contributed by atoms with Crippen LogP contribution in [0.15, 0.2) is 60.7 Å². The number of hydrogen-bond acceptors (Lipinski definition) is 16. The van der Waals surface area contributed by atoms with Gasteiger partial charge in [-0.15, -0.1) is 0 Å². The largest absolute Gasteiger partial charge is 0.490 e. The van der Waals surface area contributed by atoms with E-state index in [1.54, 1.807) is 41.5 Å². The molecule has 0 radical (unpaired) electrons. The van der Waals surface area contributed by atoms with Gasteiger partial charge in [0.05, 0.1) is 76.7 Å². The van der Waals surface area contributed by atoms with Gasteiger partial charge in [-0.2, -0.15) is 0 Å². The highest BCUT2D eigenvalue weighted by molar-refractivity contribution is 5.78. The highest BCUT2D eigenvalue weighted by Crippen LogP contribution is 2.26. The molecule has 0 aliphatic rings. The minimum Gasteiger partial charge on any atom is -0.490 e. The van der Waals surface area contributed by atoms with E-state index in [-0.39, 0.29) is 203 Å². The van der Waals surface area contributed by atoms with Crippen molar-refractivity contribution in [3.63, 3.8) is 0 Å². The molecular formula is C92H204O19. The Morgan fingerprint density at radius 2 is 0.450 bits per heavy atom.